The molecule has 0 aliphatic rings. The van der Waals surface area contributed by atoms with Crippen LogP contribution in [0.2, 0.25) is 0 Å². The fraction of sp³-hybridized carbons (Fsp3) is 0.158. The van der Waals surface area contributed by atoms with Gasteiger partial charge >= 0.3 is 5.97 Å². The van der Waals surface area contributed by atoms with Crippen LogP contribution < -0.4 is 5.32 Å². The lowest BCUT2D eigenvalue weighted by atomic mass is 10.1. The standard InChI is InChI=1S/C19H18N2O2S/c1-12-6-4-9-15-16(11-17(19(22)23-2)21-18(12)15)20-13-7-5-8-14(10-13)24-3/h4-11H,1-3H3,(H,20,21). The SMILES string of the molecule is COC(=O)c1cc(Nc2cccc(SC)c2)c2cccc(C)c2n1. The largest absolute Gasteiger partial charge is 0.464 e. The molecule has 1 heterocycles. The van der Waals surface area contributed by atoms with Crippen LogP contribution in [-0.2, 0) is 4.74 Å². The van der Waals surface area contributed by atoms with E-state index in [0.29, 0.717) is 5.69 Å². The minimum absolute atomic E-state index is 0.294. The first kappa shape index (κ1) is 16.3. The summed E-state index contributed by atoms with van der Waals surface area (Å²) in [7, 11) is 1.36. The third kappa shape index (κ3) is 3.21. The number of rotatable bonds is 4. The summed E-state index contributed by atoms with van der Waals surface area (Å²) >= 11 is 1.68. The van der Waals surface area contributed by atoms with Gasteiger partial charge in [0.2, 0.25) is 0 Å². The first-order valence-corrected chi connectivity index (χ1v) is 8.74. The van der Waals surface area contributed by atoms with E-state index in [0.717, 1.165) is 27.8 Å². The summed E-state index contributed by atoms with van der Waals surface area (Å²) in [5, 5.41) is 4.38. The number of hydrogen-bond donors (Lipinski definition) is 1. The van der Waals surface area contributed by atoms with Crippen molar-refractivity contribution in [2.24, 2.45) is 0 Å². The molecule has 0 unspecified atom stereocenters. The zero-order valence-electron chi connectivity index (χ0n) is 13.8. The average molecular weight is 338 g/mol. The Morgan fingerprint density at radius 2 is 1.96 bits per heavy atom. The quantitative estimate of drug-likeness (QED) is 0.547. The van der Waals surface area contributed by atoms with Crippen molar-refractivity contribution in [1.82, 2.24) is 4.98 Å². The van der Waals surface area contributed by atoms with Crippen molar-refractivity contribution in [2.45, 2.75) is 11.8 Å². The minimum Gasteiger partial charge on any atom is -0.464 e. The molecule has 0 aliphatic heterocycles. The highest BCUT2D eigenvalue weighted by Crippen LogP contribution is 2.29. The van der Waals surface area contributed by atoms with Gasteiger partial charge in [-0.3, -0.25) is 0 Å². The lowest BCUT2D eigenvalue weighted by Crippen LogP contribution is -2.06. The highest BCUT2D eigenvalue weighted by Gasteiger charge is 2.13. The molecule has 0 bridgehead atoms. The molecule has 2 aromatic carbocycles. The van der Waals surface area contributed by atoms with Crippen LogP contribution in [0.5, 0.6) is 0 Å². The van der Waals surface area contributed by atoms with Crippen molar-refractivity contribution in [3.63, 3.8) is 0 Å². The molecule has 122 valence electrons. The van der Waals surface area contributed by atoms with Gasteiger partial charge in [0, 0.05) is 16.0 Å². The van der Waals surface area contributed by atoms with E-state index in [4.69, 9.17) is 4.74 Å². The molecule has 4 nitrogen and oxygen atoms in total. The Morgan fingerprint density at radius 3 is 2.71 bits per heavy atom. The summed E-state index contributed by atoms with van der Waals surface area (Å²) in [4.78, 5) is 17.6. The zero-order valence-corrected chi connectivity index (χ0v) is 14.6. The molecule has 0 atom stereocenters. The summed E-state index contributed by atoms with van der Waals surface area (Å²) in [6.45, 7) is 1.98. The van der Waals surface area contributed by atoms with E-state index >= 15 is 0 Å². The van der Waals surface area contributed by atoms with Gasteiger partial charge in [-0.05, 0) is 43.0 Å². The van der Waals surface area contributed by atoms with Crippen LogP contribution in [-0.4, -0.2) is 24.3 Å². The summed E-state index contributed by atoms with van der Waals surface area (Å²) in [5.41, 5.74) is 3.90. The number of aromatic nitrogens is 1. The van der Waals surface area contributed by atoms with Crippen LogP contribution >= 0.6 is 11.8 Å². The van der Waals surface area contributed by atoms with Gasteiger partial charge < -0.3 is 10.1 Å². The number of carbonyl (C=O) groups is 1. The number of thioether (sulfide) groups is 1. The summed E-state index contributed by atoms with van der Waals surface area (Å²) < 4.78 is 4.83. The highest BCUT2D eigenvalue weighted by molar-refractivity contribution is 7.98. The minimum atomic E-state index is -0.443. The number of carbonyl (C=O) groups excluding carboxylic acids is 1. The molecule has 0 amide bonds. The number of ether oxygens (including phenoxy) is 1. The van der Waals surface area contributed by atoms with Crippen molar-refractivity contribution in [2.75, 3.05) is 18.7 Å². The average Bonchev–Trinajstić information content (AvgIpc) is 2.61. The first-order valence-electron chi connectivity index (χ1n) is 7.52. The third-order valence-corrected chi connectivity index (χ3v) is 4.51. The Bertz CT molecular complexity index is 909. The fourth-order valence-corrected chi connectivity index (χ4v) is 3.02. The maximum Gasteiger partial charge on any atom is 0.356 e. The monoisotopic (exact) mass is 338 g/mol. The molecular formula is C19H18N2O2S. The Hall–Kier alpha value is -2.53. The van der Waals surface area contributed by atoms with E-state index in [-0.39, 0.29) is 0 Å². The van der Waals surface area contributed by atoms with Gasteiger partial charge in [0.05, 0.1) is 18.3 Å². The van der Waals surface area contributed by atoms with Crippen molar-refractivity contribution < 1.29 is 9.53 Å². The van der Waals surface area contributed by atoms with Crippen LogP contribution in [0.15, 0.2) is 53.4 Å². The van der Waals surface area contributed by atoms with Crippen molar-refractivity contribution >= 4 is 40.0 Å². The van der Waals surface area contributed by atoms with Crippen LogP contribution in [0, 0.1) is 6.92 Å². The molecule has 0 fully saturated rings. The fourth-order valence-electron chi connectivity index (χ4n) is 2.56. The molecule has 5 heteroatoms. The topological polar surface area (TPSA) is 51.2 Å². The number of benzene rings is 2. The lowest BCUT2D eigenvalue weighted by Gasteiger charge is -2.13. The van der Waals surface area contributed by atoms with Crippen molar-refractivity contribution in [3.05, 3.63) is 59.8 Å². The van der Waals surface area contributed by atoms with E-state index in [2.05, 4.69) is 22.4 Å². The van der Waals surface area contributed by atoms with Crippen LogP contribution in [0.4, 0.5) is 11.4 Å². The third-order valence-electron chi connectivity index (χ3n) is 3.78. The number of hydrogen-bond acceptors (Lipinski definition) is 5. The number of pyridine rings is 1. The molecule has 0 radical (unpaired) electrons. The second-order valence-electron chi connectivity index (χ2n) is 5.37. The highest BCUT2D eigenvalue weighted by atomic mass is 32.2. The second kappa shape index (κ2) is 6.93. The Morgan fingerprint density at radius 1 is 1.17 bits per heavy atom. The van der Waals surface area contributed by atoms with Gasteiger partial charge in [0.25, 0.3) is 0 Å². The van der Waals surface area contributed by atoms with Gasteiger partial charge in [-0.15, -0.1) is 11.8 Å². The molecular weight excluding hydrogens is 320 g/mol. The van der Waals surface area contributed by atoms with E-state index in [1.165, 1.54) is 12.0 Å². The number of aryl methyl sites for hydroxylation is 1. The Balaban J connectivity index is 2.14. The van der Waals surface area contributed by atoms with Crippen LogP contribution in [0.3, 0.4) is 0 Å². The molecule has 0 spiro atoms. The van der Waals surface area contributed by atoms with Crippen LogP contribution in [0.25, 0.3) is 10.9 Å². The number of nitrogens with zero attached hydrogens (tertiary/aromatic N) is 1. The smallest absolute Gasteiger partial charge is 0.356 e. The van der Waals surface area contributed by atoms with Gasteiger partial charge in [0.1, 0.15) is 0 Å². The molecule has 0 saturated carbocycles. The van der Waals surface area contributed by atoms with Gasteiger partial charge in [-0.1, -0.05) is 24.3 Å². The number of esters is 1. The summed E-state index contributed by atoms with van der Waals surface area (Å²) in [5.74, 6) is -0.443. The van der Waals surface area contributed by atoms with E-state index in [1.54, 1.807) is 17.8 Å². The molecule has 3 rings (SSSR count). The molecule has 1 aromatic heterocycles. The van der Waals surface area contributed by atoms with Crippen molar-refractivity contribution in [1.29, 1.82) is 0 Å². The van der Waals surface area contributed by atoms with Crippen molar-refractivity contribution in [3.8, 4) is 0 Å². The lowest BCUT2D eigenvalue weighted by molar-refractivity contribution is 0.0594. The second-order valence-corrected chi connectivity index (χ2v) is 6.25. The number of anilines is 2. The Labute approximate surface area is 145 Å². The molecule has 3 aromatic rings. The van der Waals surface area contributed by atoms with Gasteiger partial charge in [0.15, 0.2) is 5.69 Å². The maximum absolute atomic E-state index is 12.0. The molecule has 24 heavy (non-hydrogen) atoms. The number of methoxy groups -OCH3 is 1. The van der Waals surface area contributed by atoms with Gasteiger partial charge in [-0.25, -0.2) is 9.78 Å². The molecule has 1 N–H and O–H groups in total. The van der Waals surface area contributed by atoms with E-state index < -0.39 is 5.97 Å². The van der Waals surface area contributed by atoms with E-state index in [1.807, 2.05) is 43.5 Å². The summed E-state index contributed by atoms with van der Waals surface area (Å²) in [6, 6.07) is 15.8. The zero-order chi connectivity index (χ0) is 17.1. The predicted octanol–water partition coefficient (Wildman–Crippen LogP) is 4.80. The predicted molar refractivity (Wildman–Crippen MR) is 99.3 cm³/mol. The normalized spacial score (nSPS) is 10.6. The number of nitrogens with one attached hydrogen (secondary N) is 1. The molecule has 0 saturated heterocycles. The number of fused-ring (bicyclic) bond motifs is 1. The maximum atomic E-state index is 12.0. The number of para-hydroxylation sites is 1. The first-order chi connectivity index (χ1) is 11.6. The summed E-state index contributed by atoms with van der Waals surface area (Å²) in [6.07, 6.45) is 2.04. The Kier molecular flexibility index (Phi) is 4.71. The van der Waals surface area contributed by atoms with E-state index in [9.17, 15) is 4.79 Å². The molecule has 0 aliphatic carbocycles. The van der Waals surface area contributed by atoms with Gasteiger partial charge in [-0.2, -0.15) is 0 Å². The van der Waals surface area contributed by atoms with Crippen LogP contribution in [0.1, 0.15) is 16.1 Å².